The number of rotatable bonds is 2. The SMILES string of the molecule is CCSC12CCCCN1C=CC2=O. The van der Waals surface area contributed by atoms with E-state index in [0.717, 1.165) is 18.7 Å². The van der Waals surface area contributed by atoms with Gasteiger partial charge >= 0.3 is 0 Å². The Morgan fingerprint density at radius 2 is 2.46 bits per heavy atom. The lowest BCUT2D eigenvalue weighted by Gasteiger charge is -2.41. The van der Waals surface area contributed by atoms with Crippen LogP contribution in [0.3, 0.4) is 0 Å². The first-order chi connectivity index (χ1) is 6.29. The Bertz CT molecular complexity index is 247. The summed E-state index contributed by atoms with van der Waals surface area (Å²) in [4.78, 5) is 13.8. The largest absolute Gasteiger partial charge is 0.356 e. The van der Waals surface area contributed by atoms with E-state index >= 15 is 0 Å². The molecule has 2 rings (SSSR count). The molecule has 3 heteroatoms. The van der Waals surface area contributed by atoms with Crippen molar-refractivity contribution in [3.8, 4) is 0 Å². The molecule has 1 unspecified atom stereocenters. The summed E-state index contributed by atoms with van der Waals surface area (Å²) in [5.41, 5.74) is 0. The van der Waals surface area contributed by atoms with E-state index < -0.39 is 0 Å². The number of hydrogen-bond donors (Lipinski definition) is 0. The highest BCUT2D eigenvalue weighted by molar-refractivity contribution is 8.01. The topological polar surface area (TPSA) is 20.3 Å². The third kappa shape index (κ3) is 1.30. The van der Waals surface area contributed by atoms with Crippen LogP contribution in [-0.2, 0) is 4.79 Å². The Morgan fingerprint density at radius 3 is 3.23 bits per heavy atom. The van der Waals surface area contributed by atoms with E-state index in [1.54, 1.807) is 17.8 Å². The summed E-state index contributed by atoms with van der Waals surface area (Å²) in [5, 5.41) is 0. The maximum absolute atomic E-state index is 11.8. The Morgan fingerprint density at radius 1 is 1.62 bits per heavy atom. The lowest BCUT2D eigenvalue weighted by molar-refractivity contribution is -0.119. The molecule has 0 aliphatic carbocycles. The summed E-state index contributed by atoms with van der Waals surface area (Å²) in [6.07, 6.45) is 7.16. The first-order valence-electron chi connectivity index (χ1n) is 4.93. The molecular formula is C10H15NOS. The number of carbonyl (C=O) groups excluding carboxylic acids is 1. The summed E-state index contributed by atoms with van der Waals surface area (Å²) in [6, 6.07) is 0. The van der Waals surface area contributed by atoms with Crippen LogP contribution in [0.5, 0.6) is 0 Å². The Kier molecular flexibility index (Phi) is 2.37. The molecule has 1 fully saturated rings. The number of nitrogens with zero attached hydrogens (tertiary/aromatic N) is 1. The molecule has 2 aliphatic heterocycles. The van der Waals surface area contributed by atoms with Gasteiger partial charge in [0.05, 0.1) is 0 Å². The number of fused-ring (bicyclic) bond motifs is 1. The van der Waals surface area contributed by atoms with Gasteiger partial charge in [-0.05, 0) is 25.0 Å². The molecule has 0 aromatic carbocycles. The first kappa shape index (κ1) is 9.13. The molecule has 2 aliphatic rings. The van der Waals surface area contributed by atoms with Gasteiger partial charge in [-0.25, -0.2) is 0 Å². The van der Waals surface area contributed by atoms with E-state index in [-0.39, 0.29) is 4.87 Å². The zero-order chi connectivity index (χ0) is 9.31. The number of piperidine rings is 1. The summed E-state index contributed by atoms with van der Waals surface area (Å²) < 4.78 is 0. The second kappa shape index (κ2) is 3.37. The lowest BCUT2D eigenvalue weighted by Crippen LogP contribution is -2.48. The van der Waals surface area contributed by atoms with Crippen molar-refractivity contribution in [2.75, 3.05) is 12.3 Å². The smallest absolute Gasteiger partial charge is 0.192 e. The van der Waals surface area contributed by atoms with Crippen molar-refractivity contribution in [2.24, 2.45) is 0 Å². The number of ketones is 1. The van der Waals surface area contributed by atoms with Crippen LogP contribution in [0.1, 0.15) is 26.2 Å². The first-order valence-corrected chi connectivity index (χ1v) is 5.91. The van der Waals surface area contributed by atoms with Gasteiger partial charge < -0.3 is 4.90 Å². The summed E-state index contributed by atoms with van der Waals surface area (Å²) in [5.74, 6) is 1.32. The molecule has 0 bridgehead atoms. The monoisotopic (exact) mass is 197 g/mol. The molecule has 0 N–H and O–H groups in total. The van der Waals surface area contributed by atoms with Gasteiger partial charge in [0.15, 0.2) is 5.78 Å². The summed E-state index contributed by atoms with van der Waals surface area (Å²) >= 11 is 1.79. The van der Waals surface area contributed by atoms with E-state index in [2.05, 4.69) is 11.8 Å². The van der Waals surface area contributed by atoms with Crippen molar-refractivity contribution in [3.63, 3.8) is 0 Å². The molecule has 72 valence electrons. The molecular weight excluding hydrogens is 182 g/mol. The van der Waals surface area contributed by atoms with Crippen molar-refractivity contribution in [1.82, 2.24) is 4.90 Å². The van der Waals surface area contributed by atoms with E-state index in [4.69, 9.17) is 0 Å². The van der Waals surface area contributed by atoms with Gasteiger partial charge in [0.1, 0.15) is 4.87 Å². The van der Waals surface area contributed by atoms with Gasteiger partial charge in [-0.2, -0.15) is 0 Å². The third-order valence-corrected chi connectivity index (χ3v) is 4.21. The van der Waals surface area contributed by atoms with Crippen LogP contribution in [-0.4, -0.2) is 27.9 Å². The van der Waals surface area contributed by atoms with Crippen LogP contribution in [0, 0.1) is 0 Å². The highest BCUT2D eigenvalue weighted by Crippen LogP contribution is 2.42. The van der Waals surface area contributed by atoms with Crippen molar-refractivity contribution in [2.45, 2.75) is 31.1 Å². The molecule has 1 saturated heterocycles. The lowest BCUT2D eigenvalue weighted by atomic mass is 10.0. The Hall–Kier alpha value is -0.440. The minimum atomic E-state index is -0.201. The Balaban J connectivity index is 2.23. The number of carbonyl (C=O) groups is 1. The summed E-state index contributed by atoms with van der Waals surface area (Å²) in [7, 11) is 0. The molecule has 1 atom stereocenters. The molecule has 0 radical (unpaired) electrons. The Labute approximate surface area is 83.4 Å². The molecule has 13 heavy (non-hydrogen) atoms. The second-order valence-electron chi connectivity index (χ2n) is 3.55. The molecule has 2 nitrogen and oxygen atoms in total. The van der Waals surface area contributed by atoms with Crippen LogP contribution in [0.4, 0.5) is 0 Å². The van der Waals surface area contributed by atoms with E-state index in [9.17, 15) is 4.79 Å². The van der Waals surface area contributed by atoms with E-state index in [1.165, 1.54) is 12.8 Å². The zero-order valence-corrected chi connectivity index (χ0v) is 8.77. The maximum Gasteiger partial charge on any atom is 0.192 e. The predicted octanol–water partition coefficient (Wildman–Crippen LogP) is 2.02. The average molecular weight is 197 g/mol. The van der Waals surface area contributed by atoms with Gasteiger partial charge in [0, 0.05) is 18.8 Å². The van der Waals surface area contributed by atoms with Gasteiger partial charge in [0.25, 0.3) is 0 Å². The molecule has 0 amide bonds. The second-order valence-corrected chi connectivity index (χ2v) is 5.09. The quantitative estimate of drug-likeness (QED) is 0.675. The molecule has 2 heterocycles. The minimum absolute atomic E-state index is 0.201. The van der Waals surface area contributed by atoms with Gasteiger partial charge in [-0.1, -0.05) is 6.92 Å². The van der Waals surface area contributed by atoms with Gasteiger partial charge in [0.2, 0.25) is 0 Å². The van der Waals surface area contributed by atoms with E-state index in [0.29, 0.717) is 5.78 Å². The maximum atomic E-state index is 11.8. The van der Waals surface area contributed by atoms with Gasteiger partial charge in [-0.15, -0.1) is 11.8 Å². The van der Waals surface area contributed by atoms with Crippen LogP contribution < -0.4 is 0 Å². The van der Waals surface area contributed by atoms with Crippen molar-refractivity contribution in [1.29, 1.82) is 0 Å². The third-order valence-electron chi connectivity index (χ3n) is 2.80. The average Bonchev–Trinajstić information content (AvgIpc) is 2.46. The molecule has 0 aromatic rings. The van der Waals surface area contributed by atoms with Crippen LogP contribution in [0.2, 0.25) is 0 Å². The van der Waals surface area contributed by atoms with Gasteiger partial charge in [-0.3, -0.25) is 4.79 Å². The zero-order valence-electron chi connectivity index (χ0n) is 7.95. The number of thioether (sulfide) groups is 1. The fraction of sp³-hybridized carbons (Fsp3) is 0.700. The number of hydrogen-bond acceptors (Lipinski definition) is 3. The molecule has 0 spiro atoms. The van der Waals surface area contributed by atoms with Crippen LogP contribution in [0.15, 0.2) is 12.3 Å². The highest BCUT2D eigenvalue weighted by atomic mass is 32.2. The fourth-order valence-corrected chi connectivity index (χ4v) is 3.48. The standard InChI is InChI=1S/C10H15NOS/c1-2-13-10-6-3-4-7-11(10)8-5-9(10)12/h5,8H,2-4,6-7H2,1H3. The minimum Gasteiger partial charge on any atom is -0.356 e. The van der Waals surface area contributed by atoms with E-state index in [1.807, 2.05) is 6.20 Å². The fourth-order valence-electron chi connectivity index (χ4n) is 2.18. The highest BCUT2D eigenvalue weighted by Gasteiger charge is 2.45. The normalized spacial score (nSPS) is 32.4. The molecule has 0 saturated carbocycles. The van der Waals surface area contributed by atoms with Crippen molar-refractivity contribution >= 4 is 17.5 Å². The summed E-state index contributed by atoms with van der Waals surface area (Å²) in [6.45, 7) is 3.17. The molecule has 0 aromatic heterocycles. The van der Waals surface area contributed by atoms with Crippen LogP contribution in [0.25, 0.3) is 0 Å². The van der Waals surface area contributed by atoms with Crippen LogP contribution >= 0.6 is 11.8 Å². The van der Waals surface area contributed by atoms with Crippen molar-refractivity contribution < 1.29 is 4.79 Å². The predicted molar refractivity (Wildman–Crippen MR) is 55.6 cm³/mol. The van der Waals surface area contributed by atoms with Crippen molar-refractivity contribution in [3.05, 3.63) is 12.3 Å².